The number of likely N-dealkylation sites (N-methyl/N-ethyl adjacent to an activating group) is 1. The van der Waals surface area contributed by atoms with Gasteiger partial charge in [0.05, 0.1) is 6.04 Å². The molecule has 35 heavy (non-hydrogen) atoms. The molecule has 0 radical (unpaired) electrons. The van der Waals surface area contributed by atoms with Crippen LogP contribution in [0.4, 0.5) is 0 Å². The molecular weight excluding hydrogens is 444 g/mol. The monoisotopic (exact) mass is 484 g/mol. The SMILES string of the molecule is CC(C)C[C@H]1NC(=O)[C@@H](C)N(C)C(=O)[C@H](C2CC2)NCC2Cc3cccc(c3O2)CCCNC1=O. The lowest BCUT2D eigenvalue weighted by atomic mass is 10.0. The molecule has 1 saturated carbocycles. The molecular formula is C27H40N4O4. The van der Waals surface area contributed by atoms with Crippen molar-refractivity contribution in [3.05, 3.63) is 29.3 Å². The van der Waals surface area contributed by atoms with E-state index in [9.17, 15) is 14.4 Å². The van der Waals surface area contributed by atoms with E-state index < -0.39 is 12.1 Å². The first-order chi connectivity index (χ1) is 16.7. The summed E-state index contributed by atoms with van der Waals surface area (Å²) in [5.74, 6) is 0.899. The highest BCUT2D eigenvalue weighted by Crippen LogP contribution is 2.35. The number of carbonyl (C=O) groups is 3. The normalized spacial score (nSPS) is 28.7. The Morgan fingerprint density at radius 1 is 1.11 bits per heavy atom. The third-order valence-electron chi connectivity index (χ3n) is 7.41. The maximum absolute atomic E-state index is 13.4. The fourth-order valence-corrected chi connectivity index (χ4v) is 5.05. The fourth-order valence-electron chi connectivity index (χ4n) is 5.05. The van der Waals surface area contributed by atoms with Gasteiger partial charge in [0.2, 0.25) is 17.7 Å². The summed E-state index contributed by atoms with van der Waals surface area (Å²) in [6.07, 6.45) is 4.92. The van der Waals surface area contributed by atoms with Crippen molar-refractivity contribution in [1.82, 2.24) is 20.9 Å². The van der Waals surface area contributed by atoms with Gasteiger partial charge >= 0.3 is 0 Å². The Balaban J connectivity index is 1.56. The maximum Gasteiger partial charge on any atom is 0.243 e. The van der Waals surface area contributed by atoms with Gasteiger partial charge in [-0.2, -0.15) is 0 Å². The van der Waals surface area contributed by atoms with Gasteiger partial charge in [0.25, 0.3) is 0 Å². The predicted octanol–water partition coefficient (Wildman–Crippen LogP) is 1.80. The van der Waals surface area contributed by atoms with Crippen LogP contribution in [0.15, 0.2) is 18.2 Å². The Morgan fingerprint density at radius 3 is 2.57 bits per heavy atom. The van der Waals surface area contributed by atoms with Gasteiger partial charge in [-0.25, -0.2) is 0 Å². The molecule has 3 N–H and O–H groups in total. The van der Waals surface area contributed by atoms with Gasteiger partial charge < -0.3 is 25.6 Å². The summed E-state index contributed by atoms with van der Waals surface area (Å²) in [5.41, 5.74) is 2.35. The first kappa shape index (κ1) is 25.5. The number of para-hydroxylation sites is 1. The van der Waals surface area contributed by atoms with E-state index in [1.165, 1.54) is 10.5 Å². The minimum Gasteiger partial charge on any atom is -0.488 e. The summed E-state index contributed by atoms with van der Waals surface area (Å²) >= 11 is 0. The Kier molecular flexibility index (Phi) is 7.99. The van der Waals surface area contributed by atoms with E-state index in [0.29, 0.717) is 19.5 Å². The minimum absolute atomic E-state index is 0.0263. The van der Waals surface area contributed by atoms with Crippen molar-refractivity contribution in [2.24, 2.45) is 11.8 Å². The van der Waals surface area contributed by atoms with E-state index in [0.717, 1.165) is 43.4 Å². The summed E-state index contributed by atoms with van der Waals surface area (Å²) in [6.45, 7) is 6.88. The Labute approximate surface area is 208 Å². The number of aryl methyl sites for hydroxylation is 1. The van der Waals surface area contributed by atoms with E-state index in [4.69, 9.17) is 4.74 Å². The number of fused-ring (bicyclic) bond motifs is 1. The van der Waals surface area contributed by atoms with Gasteiger partial charge in [0, 0.05) is 26.6 Å². The highest BCUT2D eigenvalue weighted by Gasteiger charge is 2.40. The van der Waals surface area contributed by atoms with Gasteiger partial charge in [0.15, 0.2) is 0 Å². The molecule has 0 saturated heterocycles. The Hall–Kier alpha value is -2.61. The predicted molar refractivity (Wildman–Crippen MR) is 134 cm³/mol. The first-order valence-corrected chi connectivity index (χ1v) is 13.1. The minimum atomic E-state index is -0.679. The van der Waals surface area contributed by atoms with Crippen LogP contribution in [0.3, 0.4) is 0 Å². The summed E-state index contributed by atoms with van der Waals surface area (Å²) in [7, 11) is 1.67. The number of nitrogens with one attached hydrogen (secondary N) is 3. The zero-order chi connectivity index (χ0) is 25.1. The molecule has 2 heterocycles. The molecule has 1 aliphatic carbocycles. The van der Waals surface area contributed by atoms with Crippen molar-refractivity contribution >= 4 is 17.7 Å². The molecule has 3 amide bonds. The fraction of sp³-hybridized carbons (Fsp3) is 0.667. The quantitative estimate of drug-likeness (QED) is 0.608. The third-order valence-corrected chi connectivity index (χ3v) is 7.41. The van der Waals surface area contributed by atoms with Crippen molar-refractivity contribution in [2.45, 2.75) is 83.5 Å². The first-order valence-electron chi connectivity index (χ1n) is 13.1. The largest absolute Gasteiger partial charge is 0.488 e. The van der Waals surface area contributed by atoms with Gasteiger partial charge in [-0.15, -0.1) is 0 Å². The van der Waals surface area contributed by atoms with Crippen molar-refractivity contribution in [1.29, 1.82) is 0 Å². The van der Waals surface area contributed by atoms with Crippen LogP contribution in [0.5, 0.6) is 5.75 Å². The number of ether oxygens (including phenoxy) is 1. The molecule has 2 aliphatic heterocycles. The zero-order valence-corrected chi connectivity index (χ0v) is 21.4. The number of nitrogens with zero attached hydrogens (tertiary/aromatic N) is 1. The van der Waals surface area contributed by atoms with Crippen LogP contribution in [-0.4, -0.2) is 67.0 Å². The lowest BCUT2D eigenvalue weighted by Gasteiger charge is -2.31. The molecule has 2 bridgehead atoms. The van der Waals surface area contributed by atoms with Crippen molar-refractivity contribution in [2.75, 3.05) is 20.1 Å². The second-order valence-electron chi connectivity index (χ2n) is 10.8. The number of rotatable bonds is 3. The summed E-state index contributed by atoms with van der Waals surface area (Å²) < 4.78 is 6.33. The van der Waals surface area contributed by atoms with E-state index in [2.05, 4.69) is 34.1 Å². The van der Waals surface area contributed by atoms with E-state index in [1.54, 1.807) is 14.0 Å². The van der Waals surface area contributed by atoms with E-state index in [-0.39, 0.29) is 41.7 Å². The van der Waals surface area contributed by atoms with Gasteiger partial charge in [-0.3, -0.25) is 14.4 Å². The molecule has 8 heteroatoms. The summed E-state index contributed by atoms with van der Waals surface area (Å²) in [6, 6.07) is 4.61. The van der Waals surface area contributed by atoms with Crippen LogP contribution in [-0.2, 0) is 27.2 Å². The molecule has 4 rings (SSSR count). The second-order valence-corrected chi connectivity index (χ2v) is 10.8. The maximum atomic E-state index is 13.4. The molecule has 1 aromatic carbocycles. The van der Waals surface area contributed by atoms with Crippen LogP contribution in [0, 0.1) is 11.8 Å². The molecule has 3 aliphatic rings. The lowest BCUT2D eigenvalue weighted by molar-refractivity contribution is -0.141. The number of hydrogen-bond acceptors (Lipinski definition) is 5. The molecule has 192 valence electrons. The Morgan fingerprint density at radius 2 is 1.86 bits per heavy atom. The molecule has 1 fully saturated rings. The topological polar surface area (TPSA) is 99.8 Å². The molecule has 0 spiro atoms. The van der Waals surface area contributed by atoms with E-state index >= 15 is 0 Å². The number of hydrogen-bond donors (Lipinski definition) is 3. The molecule has 1 unspecified atom stereocenters. The van der Waals surface area contributed by atoms with Crippen molar-refractivity contribution in [3.8, 4) is 5.75 Å². The van der Waals surface area contributed by atoms with Crippen LogP contribution < -0.4 is 20.7 Å². The van der Waals surface area contributed by atoms with Crippen molar-refractivity contribution in [3.63, 3.8) is 0 Å². The molecule has 8 nitrogen and oxygen atoms in total. The molecule has 1 aromatic rings. The number of carbonyl (C=O) groups excluding carboxylic acids is 3. The highest BCUT2D eigenvalue weighted by molar-refractivity contribution is 5.93. The van der Waals surface area contributed by atoms with Crippen LogP contribution in [0.1, 0.15) is 57.6 Å². The van der Waals surface area contributed by atoms with Crippen molar-refractivity contribution < 1.29 is 19.1 Å². The van der Waals surface area contributed by atoms with Crippen LogP contribution in [0.2, 0.25) is 0 Å². The average molecular weight is 485 g/mol. The highest BCUT2D eigenvalue weighted by atomic mass is 16.5. The van der Waals surface area contributed by atoms with E-state index in [1.807, 2.05) is 13.8 Å². The smallest absolute Gasteiger partial charge is 0.243 e. The second kappa shape index (κ2) is 11.0. The number of amides is 3. The summed E-state index contributed by atoms with van der Waals surface area (Å²) in [4.78, 5) is 41.0. The van der Waals surface area contributed by atoms with Gasteiger partial charge in [-0.05, 0) is 62.0 Å². The summed E-state index contributed by atoms with van der Waals surface area (Å²) in [5, 5.41) is 9.38. The van der Waals surface area contributed by atoms with Crippen LogP contribution >= 0.6 is 0 Å². The average Bonchev–Trinajstić information content (AvgIpc) is 3.57. The zero-order valence-electron chi connectivity index (χ0n) is 21.4. The molecule has 0 aromatic heterocycles. The number of benzene rings is 1. The van der Waals surface area contributed by atoms with Gasteiger partial charge in [-0.1, -0.05) is 32.0 Å². The third kappa shape index (κ3) is 6.15. The van der Waals surface area contributed by atoms with Gasteiger partial charge in [0.1, 0.15) is 23.9 Å². The van der Waals surface area contributed by atoms with Crippen LogP contribution in [0.25, 0.3) is 0 Å². The molecule has 4 atom stereocenters. The standard InChI is InChI=1S/C27H40N4O4/c1-16(2)13-22-26(33)28-12-6-9-19-7-5-8-20-14-21(35-24(19)20)15-29-23(18-10-11-18)27(34)31(4)17(3)25(32)30-22/h5,7-8,16-18,21-23,29H,6,9-15H2,1-4H3,(H,28,33)(H,30,32)/t17-,21?,22-,23+/m1/s1. The Bertz CT molecular complexity index is 945. The lowest BCUT2D eigenvalue weighted by Crippen LogP contribution is -2.57.